The maximum Gasteiger partial charge on any atom is 0.242 e. The van der Waals surface area contributed by atoms with Crippen molar-refractivity contribution >= 4 is 41.5 Å². The molecule has 0 aromatic heterocycles. The lowest BCUT2D eigenvalue weighted by atomic mass is 10.2. The second-order valence-corrected chi connectivity index (χ2v) is 6.95. The smallest absolute Gasteiger partial charge is 0.242 e. The molecule has 1 heterocycles. The van der Waals surface area contributed by atoms with E-state index >= 15 is 0 Å². The van der Waals surface area contributed by atoms with Crippen molar-refractivity contribution in [2.45, 2.75) is 6.54 Å². The quantitative estimate of drug-likeness (QED) is 0.384. The molecular formula is C22H30IN5O. The van der Waals surface area contributed by atoms with E-state index in [1.165, 1.54) is 11.3 Å². The molecule has 29 heavy (non-hydrogen) atoms. The Morgan fingerprint density at radius 1 is 1.00 bits per heavy atom. The number of hydrogen-bond acceptors (Lipinski definition) is 3. The third-order valence-corrected chi connectivity index (χ3v) is 4.99. The van der Waals surface area contributed by atoms with Gasteiger partial charge in [0.1, 0.15) is 0 Å². The van der Waals surface area contributed by atoms with Crippen LogP contribution in [0.15, 0.2) is 65.7 Å². The van der Waals surface area contributed by atoms with Crippen molar-refractivity contribution in [2.24, 2.45) is 4.99 Å². The van der Waals surface area contributed by atoms with Crippen molar-refractivity contribution < 1.29 is 4.79 Å². The Hall–Kier alpha value is -2.29. The lowest BCUT2D eigenvalue weighted by Crippen LogP contribution is -2.52. The topological polar surface area (TPSA) is 51.2 Å². The van der Waals surface area contributed by atoms with Crippen LogP contribution in [0.25, 0.3) is 0 Å². The zero-order chi connectivity index (χ0) is 19.8. The average Bonchev–Trinajstić information content (AvgIpc) is 2.75. The maximum atomic E-state index is 12.6. The fraction of sp³-hybridized carbons (Fsp3) is 0.364. The Morgan fingerprint density at radius 3 is 2.17 bits per heavy atom. The number of amides is 1. The van der Waals surface area contributed by atoms with Crippen LogP contribution in [0.4, 0.5) is 5.69 Å². The van der Waals surface area contributed by atoms with Gasteiger partial charge in [-0.15, -0.1) is 24.0 Å². The Morgan fingerprint density at radius 2 is 1.59 bits per heavy atom. The number of piperazine rings is 1. The summed E-state index contributed by atoms with van der Waals surface area (Å²) >= 11 is 0. The standard InChI is InChI=1S/C22H29N5O.HI/c1-23-22(25(2)18-19-9-5-3-6-10-19)24-17-21(28)27-15-13-26(14-16-27)20-11-7-4-8-12-20;/h3-12H,13-18H2,1-2H3,(H,23,24);1H. The highest BCUT2D eigenvalue weighted by atomic mass is 127. The molecule has 1 amide bonds. The first kappa shape index (κ1) is 23.0. The second-order valence-electron chi connectivity index (χ2n) is 6.95. The molecule has 1 saturated heterocycles. The minimum atomic E-state index is 0. The van der Waals surface area contributed by atoms with E-state index in [1.54, 1.807) is 7.05 Å². The van der Waals surface area contributed by atoms with E-state index in [0.29, 0.717) is 0 Å². The van der Waals surface area contributed by atoms with Gasteiger partial charge in [0.05, 0.1) is 6.54 Å². The van der Waals surface area contributed by atoms with Gasteiger partial charge < -0.3 is 20.0 Å². The molecule has 0 unspecified atom stereocenters. The number of benzene rings is 2. The summed E-state index contributed by atoms with van der Waals surface area (Å²) in [5.74, 6) is 0.835. The lowest BCUT2D eigenvalue weighted by molar-refractivity contribution is -0.130. The Balaban J connectivity index is 0.00000300. The van der Waals surface area contributed by atoms with Gasteiger partial charge in [0.15, 0.2) is 5.96 Å². The molecule has 0 aliphatic carbocycles. The van der Waals surface area contributed by atoms with E-state index < -0.39 is 0 Å². The summed E-state index contributed by atoms with van der Waals surface area (Å²) in [6, 6.07) is 20.6. The highest BCUT2D eigenvalue weighted by molar-refractivity contribution is 14.0. The molecule has 2 aromatic rings. The predicted octanol–water partition coefficient (Wildman–Crippen LogP) is 2.66. The van der Waals surface area contributed by atoms with E-state index in [4.69, 9.17) is 0 Å². The first-order valence-corrected chi connectivity index (χ1v) is 9.71. The van der Waals surface area contributed by atoms with Gasteiger partial charge >= 0.3 is 0 Å². The largest absolute Gasteiger partial charge is 0.368 e. The third kappa shape index (κ3) is 6.62. The molecule has 156 valence electrons. The fourth-order valence-electron chi connectivity index (χ4n) is 3.44. The molecular weight excluding hydrogens is 477 g/mol. The first-order chi connectivity index (χ1) is 13.7. The molecule has 0 bridgehead atoms. The Bertz CT molecular complexity index is 776. The van der Waals surface area contributed by atoms with Gasteiger partial charge in [0, 0.05) is 52.5 Å². The zero-order valence-corrected chi connectivity index (χ0v) is 19.5. The molecule has 0 saturated carbocycles. The van der Waals surface area contributed by atoms with Gasteiger partial charge in [-0.2, -0.15) is 0 Å². The van der Waals surface area contributed by atoms with Gasteiger partial charge in [0.25, 0.3) is 0 Å². The van der Waals surface area contributed by atoms with Gasteiger partial charge in [-0.25, -0.2) is 0 Å². The molecule has 7 heteroatoms. The SMILES string of the molecule is CN=C(NCC(=O)N1CCN(c2ccccc2)CC1)N(C)Cc1ccccc1.I. The molecule has 1 N–H and O–H groups in total. The summed E-state index contributed by atoms with van der Waals surface area (Å²) in [7, 11) is 3.72. The van der Waals surface area contributed by atoms with E-state index in [2.05, 4.69) is 39.5 Å². The number of carbonyl (C=O) groups is 1. The number of nitrogens with one attached hydrogen (secondary N) is 1. The third-order valence-electron chi connectivity index (χ3n) is 4.99. The van der Waals surface area contributed by atoms with E-state index in [1.807, 2.05) is 53.2 Å². The number of para-hydroxylation sites is 1. The van der Waals surface area contributed by atoms with E-state index in [-0.39, 0.29) is 36.4 Å². The van der Waals surface area contributed by atoms with Crippen molar-refractivity contribution in [1.29, 1.82) is 0 Å². The fourth-order valence-corrected chi connectivity index (χ4v) is 3.44. The number of guanidine groups is 1. The highest BCUT2D eigenvalue weighted by Crippen LogP contribution is 2.15. The summed E-state index contributed by atoms with van der Waals surface area (Å²) in [6.07, 6.45) is 0. The van der Waals surface area contributed by atoms with Crippen LogP contribution in [0.3, 0.4) is 0 Å². The highest BCUT2D eigenvalue weighted by Gasteiger charge is 2.21. The van der Waals surface area contributed by atoms with Gasteiger partial charge in [-0.05, 0) is 17.7 Å². The summed E-state index contributed by atoms with van der Waals surface area (Å²) in [4.78, 5) is 23.2. The van der Waals surface area contributed by atoms with Crippen LogP contribution >= 0.6 is 24.0 Å². The number of halogens is 1. The molecule has 1 aliphatic rings. The van der Waals surface area contributed by atoms with Crippen LogP contribution in [-0.2, 0) is 11.3 Å². The second kappa shape index (κ2) is 11.6. The zero-order valence-electron chi connectivity index (χ0n) is 17.1. The minimum Gasteiger partial charge on any atom is -0.368 e. The number of anilines is 1. The van der Waals surface area contributed by atoms with Crippen LogP contribution in [0.2, 0.25) is 0 Å². The molecule has 2 aromatic carbocycles. The number of carbonyl (C=O) groups excluding carboxylic acids is 1. The Labute approximate surface area is 190 Å². The summed E-state index contributed by atoms with van der Waals surface area (Å²) in [6.45, 7) is 4.21. The Kier molecular flexibility index (Phi) is 9.24. The maximum absolute atomic E-state index is 12.6. The minimum absolute atomic E-state index is 0. The molecule has 1 aliphatic heterocycles. The van der Waals surface area contributed by atoms with Gasteiger partial charge in [-0.3, -0.25) is 9.79 Å². The predicted molar refractivity (Wildman–Crippen MR) is 130 cm³/mol. The molecule has 0 radical (unpaired) electrons. The number of nitrogens with zero attached hydrogens (tertiary/aromatic N) is 4. The van der Waals surface area contributed by atoms with E-state index in [9.17, 15) is 4.79 Å². The van der Waals surface area contributed by atoms with Crippen molar-refractivity contribution in [1.82, 2.24) is 15.1 Å². The number of hydrogen-bond donors (Lipinski definition) is 1. The van der Waals surface area contributed by atoms with Crippen molar-refractivity contribution in [2.75, 3.05) is 51.7 Å². The van der Waals surface area contributed by atoms with E-state index in [0.717, 1.165) is 38.7 Å². The number of aliphatic imine (C=N–C) groups is 1. The van der Waals surface area contributed by atoms with Crippen LogP contribution in [0, 0.1) is 0 Å². The van der Waals surface area contributed by atoms with Crippen LogP contribution in [0.5, 0.6) is 0 Å². The van der Waals surface area contributed by atoms with Crippen LogP contribution < -0.4 is 10.2 Å². The molecule has 3 rings (SSSR count). The number of rotatable bonds is 5. The molecule has 0 spiro atoms. The van der Waals surface area contributed by atoms with Crippen molar-refractivity contribution in [3.8, 4) is 0 Å². The molecule has 6 nitrogen and oxygen atoms in total. The monoisotopic (exact) mass is 507 g/mol. The van der Waals surface area contributed by atoms with Crippen LogP contribution in [0.1, 0.15) is 5.56 Å². The van der Waals surface area contributed by atoms with Crippen LogP contribution in [-0.4, -0.2) is 68.5 Å². The van der Waals surface area contributed by atoms with Crippen molar-refractivity contribution in [3.63, 3.8) is 0 Å². The first-order valence-electron chi connectivity index (χ1n) is 9.71. The lowest BCUT2D eigenvalue weighted by Gasteiger charge is -2.36. The van der Waals surface area contributed by atoms with Gasteiger partial charge in [0.2, 0.25) is 5.91 Å². The summed E-state index contributed by atoms with van der Waals surface area (Å²) in [5.41, 5.74) is 2.42. The van der Waals surface area contributed by atoms with Crippen molar-refractivity contribution in [3.05, 3.63) is 66.2 Å². The molecule has 1 fully saturated rings. The normalized spacial score (nSPS) is 14.2. The summed E-state index contributed by atoms with van der Waals surface area (Å²) in [5, 5.41) is 3.20. The molecule has 0 atom stereocenters. The summed E-state index contributed by atoms with van der Waals surface area (Å²) < 4.78 is 0. The van der Waals surface area contributed by atoms with Gasteiger partial charge in [-0.1, -0.05) is 48.5 Å². The average molecular weight is 507 g/mol.